The van der Waals surface area contributed by atoms with Crippen LogP contribution in [0.2, 0.25) is 0 Å². The normalized spacial score (nSPS) is 10.6. The van der Waals surface area contributed by atoms with Gasteiger partial charge in [0.2, 0.25) is 11.0 Å². The van der Waals surface area contributed by atoms with Gasteiger partial charge < -0.3 is 10.6 Å². The Morgan fingerprint density at radius 1 is 0.931 bits per heavy atom. The van der Waals surface area contributed by atoms with Gasteiger partial charge in [0.15, 0.2) is 5.82 Å². The summed E-state index contributed by atoms with van der Waals surface area (Å²) in [6, 6.07) is 13.7. The van der Waals surface area contributed by atoms with Crippen LogP contribution in [0.15, 0.2) is 60.9 Å². The fraction of sp³-hybridized carbons (Fsp3) is 0.0500. The van der Waals surface area contributed by atoms with E-state index in [2.05, 4.69) is 30.8 Å². The van der Waals surface area contributed by atoms with E-state index < -0.39 is 0 Å². The molecule has 0 radical (unpaired) electrons. The van der Waals surface area contributed by atoms with Gasteiger partial charge in [-0.25, -0.2) is 9.37 Å². The Labute approximate surface area is 169 Å². The first-order chi connectivity index (χ1) is 14.1. The zero-order valence-electron chi connectivity index (χ0n) is 15.3. The summed E-state index contributed by atoms with van der Waals surface area (Å²) in [4.78, 5) is 19.8. The van der Waals surface area contributed by atoms with Gasteiger partial charge in [-0.15, -0.1) is 10.2 Å². The van der Waals surface area contributed by atoms with Gasteiger partial charge in [0.1, 0.15) is 16.5 Å². The molecule has 29 heavy (non-hydrogen) atoms. The molecule has 2 aromatic heterocycles. The van der Waals surface area contributed by atoms with E-state index in [0.29, 0.717) is 21.7 Å². The molecule has 0 aliphatic carbocycles. The van der Waals surface area contributed by atoms with Crippen LogP contribution in [0, 0.1) is 5.82 Å². The van der Waals surface area contributed by atoms with Gasteiger partial charge in [-0.1, -0.05) is 11.3 Å². The highest BCUT2D eigenvalue weighted by Crippen LogP contribution is 2.30. The summed E-state index contributed by atoms with van der Waals surface area (Å²) in [5.74, 6) is 0.0740. The Morgan fingerprint density at radius 2 is 1.62 bits per heavy atom. The van der Waals surface area contributed by atoms with Crippen molar-refractivity contribution < 1.29 is 9.18 Å². The fourth-order valence-electron chi connectivity index (χ4n) is 2.62. The molecule has 9 heteroatoms. The summed E-state index contributed by atoms with van der Waals surface area (Å²) in [6.07, 6.45) is 3.18. The minimum Gasteiger partial charge on any atom is -0.338 e. The Morgan fingerprint density at radius 3 is 2.34 bits per heavy atom. The third kappa shape index (κ3) is 4.41. The van der Waals surface area contributed by atoms with Crippen molar-refractivity contribution in [3.63, 3.8) is 0 Å². The molecule has 4 rings (SSSR count). The maximum Gasteiger partial charge on any atom is 0.223 e. The van der Waals surface area contributed by atoms with Crippen LogP contribution in [0.3, 0.4) is 0 Å². The van der Waals surface area contributed by atoms with E-state index in [0.717, 1.165) is 16.8 Å². The van der Waals surface area contributed by atoms with Crippen LogP contribution in [0.4, 0.5) is 21.0 Å². The lowest BCUT2D eigenvalue weighted by Crippen LogP contribution is -2.04. The molecule has 0 fully saturated rings. The van der Waals surface area contributed by atoms with E-state index in [1.165, 1.54) is 30.4 Å². The summed E-state index contributed by atoms with van der Waals surface area (Å²) in [7, 11) is 0. The molecule has 0 saturated carbocycles. The number of benzene rings is 2. The highest BCUT2D eigenvalue weighted by molar-refractivity contribution is 7.18. The van der Waals surface area contributed by atoms with E-state index >= 15 is 0 Å². The zero-order chi connectivity index (χ0) is 20.2. The standard InChI is InChI=1S/C20H15FN6OS/c1-12(28)24-20-27-26-19(29-20)14-4-8-16(9-5-14)25-18-17(22-10-11-23-18)13-2-6-15(21)7-3-13/h2-11H,1H3,(H,23,25)(H,24,27,28). The van der Waals surface area contributed by atoms with Gasteiger partial charge in [-0.2, -0.15) is 0 Å². The number of nitrogens with one attached hydrogen (secondary N) is 2. The Bertz CT molecular complexity index is 1140. The Hall–Kier alpha value is -3.72. The SMILES string of the molecule is CC(=O)Nc1nnc(-c2ccc(Nc3nccnc3-c3ccc(F)cc3)cc2)s1. The van der Waals surface area contributed by atoms with Crippen LogP contribution in [-0.2, 0) is 4.79 Å². The smallest absolute Gasteiger partial charge is 0.223 e. The van der Waals surface area contributed by atoms with Crippen molar-refractivity contribution in [3.8, 4) is 21.8 Å². The minimum absolute atomic E-state index is 0.187. The number of carbonyl (C=O) groups is 1. The van der Waals surface area contributed by atoms with Crippen LogP contribution in [0.5, 0.6) is 0 Å². The average molecular weight is 406 g/mol. The first kappa shape index (κ1) is 18.6. The molecule has 144 valence electrons. The molecule has 0 atom stereocenters. The Kier molecular flexibility index (Phi) is 5.21. The van der Waals surface area contributed by atoms with Crippen molar-refractivity contribution in [2.45, 2.75) is 6.92 Å². The molecule has 4 aromatic rings. The molecule has 7 nitrogen and oxygen atoms in total. The molecule has 0 saturated heterocycles. The van der Waals surface area contributed by atoms with Crippen LogP contribution in [-0.4, -0.2) is 26.1 Å². The first-order valence-corrected chi connectivity index (χ1v) is 9.45. The Balaban J connectivity index is 1.55. The molecule has 0 aliphatic heterocycles. The molecule has 2 heterocycles. The number of nitrogens with zero attached hydrogens (tertiary/aromatic N) is 4. The van der Waals surface area contributed by atoms with Crippen LogP contribution in [0.1, 0.15) is 6.92 Å². The van der Waals surface area contributed by atoms with E-state index in [4.69, 9.17) is 0 Å². The van der Waals surface area contributed by atoms with E-state index in [1.54, 1.807) is 24.5 Å². The second kappa shape index (κ2) is 8.11. The molecule has 2 N–H and O–H groups in total. The number of amides is 1. The van der Waals surface area contributed by atoms with Crippen molar-refractivity contribution >= 4 is 33.9 Å². The predicted octanol–water partition coefficient (Wildman–Crippen LogP) is 4.50. The summed E-state index contributed by atoms with van der Waals surface area (Å²) in [5.41, 5.74) is 3.07. The van der Waals surface area contributed by atoms with Gasteiger partial charge in [0.05, 0.1) is 0 Å². The molecule has 0 spiro atoms. The molecule has 0 bridgehead atoms. The summed E-state index contributed by atoms with van der Waals surface area (Å²) in [6.45, 7) is 1.42. The van der Waals surface area contributed by atoms with Crippen molar-refractivity contribution in [2.75, 3.05) is 10.6 Å². The largest absolute Gasteiger partial charge is 0.338 e. The zero-order valence-corrected chi connectivity index (χ0v) is 16.1. The van der Waals surface area contributed by atoms with Gasteiger partial charge in [-0.3, -0.25) is 9.78 Å². The number of halogens is 1. The van der Waals surface area contributed by atoms with Crippen molar-refractivity contribution in [1.82, 2.24) is 20.2 Å². The fourth-order valence-corrected chi connectivity index (χ4v) is 3.42. The van der Waals surface area contributed by atoms with Crippen molar-refractivity contribution in [1.29, 1.82) is 0 Å². The van der Waals surface area contributed by atoms with E-state index in [-0.39, 0.29) is 11.7 Å². The lowest BCUT2D eigenvalue weighted by Gasteiger charge is -2.10. The second-order valence-corrected chi connectivity index (χ2v) is 7.03. The van der Waals surface area contributed by atoms with Crippen molar-refractivity contribution in [2.24, 2.45) is 0 Å². The summed E-state index contributed by atoms with van der Waals surface area (Å²) in [5, 5.41) is 15.1. The van der Waals surface area contributed by atoms with Crippen molar-refractivity contribution in [3.05, 3.63) is 66.7 Å². The quantitative estimate of drug-likeness (QED) is 0.507. The predicted molar refractivity (Wildman–Crippen MR) is 110 cm³/mol. The maximum atomic E-state index is 13.2. The van der Waals surface area contributed by atoms with Gasteiger partial charge in [0.25, 0.3) is 0 Å². The lowest BCUT2D eigenvalue weighted by molar-refractivity contribution is -0.114. The maximum absolute atomic E-state index is 13.2. The molecule has 1 amide bonds. The molecule has 0 unspecified atom stereocenters. The average Bonchev–Trinajstić information content (AvgIpc) is 3.17. The highest BCUT2D eigenvalue weighted by atomic mass is 32.1. The molecule has 2 aromatic carbocycles. The topological polar surface area (TPSA) is 92.7 Å². The van der Waals surface area contributed by atoms with E-state index in [9.17, 15) is 9.18 Å². The van der Waals surface area contributed by atoms with Gasteiger partial charge in [0, 0.05) is 36.1 Å². The third-order valence-electron chi connectivity index (χ3n) is 3.92. The number of hydrogen-bond donors (Lipinski definition) is 2. The third-order valence-corrected chi connectivity index (χ3v) is 4.81. The second-order valence-electron chi connectivity index (χ2n) is 6.06. The molecular weight excluding hydrogens is 391 g/mol. The summed E-state index contributed by atoms with van der Waals surface area (Å²) >= 11 is 1.30. The number of anilines is 3. The first-order valence-electron chi connectivity index (χ1n) is 8.64. The number of carbonyl (C=O) groups excluding carboxylic acids is 1. The van der Waals surface area contributed by atoms with Crippen LogP contribution in [0.25, 0.3) is 21.8 Å². The molecule has 0 aliphatic rings. The van der Waals surface area contributed by atoms with Gasteiger partial charge in [-0.05, 0) is 48.5 Å². The lowest BCUT2D eigenvalue weighted by atomic mass is 10.1. The highest BCUT2D eigenvalue weighted by Gasteiger charge is 2.10. The number of rotatable bonds is 5. The van der Waals surface area contributed by atoms with Crippen LogP contribution >= 0.6 is 11.3 Å². The summed E-state index contributed by atoms with van der Waals surface area (Å²) < 4.78 is 13.2. The molecular formula is C20H15FN6OS. The van der Waals surface area contributed by atoms with Crippen LogP contribution < -0.4 is 10.6 Å². The number of aromatic nitrogens is 4. The minimum atomic E-state index is -0.305. The van der Waals surface area contributed by atoms with Gasteiger partial charge >= 0.3 is 0 Å². The van der Waals surface area contributed by atoms with E-state index in [1.807, 2.05) is 24.3 Å². The number of hydrogen-bond acceptors (Lipinski definition) is 7. The monoisotopic (exact) mass is 406 g/mol.